The summed E-state index contributed by atoms with van der Waals surface area (Å²) < 4.78 is 19.8. The van der Waals surface area contributed by atoms with Gasteiger partial charge in [-0.1, -0.05) is 41.4 Å². The predicted octanol–water partition coefficient (Wildman–Crippen LogP) is 5.10. The van der Waals surface area contributed by atoms with Crippen molar-refractivity contribution in [2.45, 2.75) is 6.42 Å². The Hall–Kier alpha value is -2.79. The number of nitrogens with one attached hydrogen (secondary N) is 1. The van der Waals surface area contributed by atoms with Gasteiger partial charge in [0.15, 0.2) is 17.4 Å². The lowest BCUT2D eigenvalue weighted by molar-refractivity contribution is 0.0992. The lowest BCUT2D eigenvalue weighted by atomic mass is 10.0. The summed E-state index contributed by atoms with van der Waals surface area (Å²) in [5.74, 6) is -0.970. The molecule has 12 heteroatoms. The molecular formula is C23H19BrCl2FN5O3. The van der Waals surface area contributed by atoms with E-state index in [-0.39, 0.29) is 45.9 Å². The molecule has 3 aromatic rings. The Morgan fingerprint density at radius 2 is 2.06 bits per heavy atom. The Bertz CT molecular complexity index is 1290. The molecule has 1 fully saturated rings. The molecule has 2 heterocycles. The van der Waals surface area contributed by atoms with E-state index in [1.807, 2.05) is 0 Å². The third-order valence-electron chi connectivity index (χ3n) is 5.21. The van der Waals surface area contributed by atoms with Crippen molar-refractivity contribution in [2.75, 3.05) is 36.6 Å². The smallest absolute Gasteiger partial charge is 0.245 e. The van der Waals surface area contributed by atoms with Crippen molar-refractivity contribution in [1.82, 2.24) is 9.97 Å². The van der Waals surface area contributed by atoms with Gasteiger partial charge in [0, 0.05) is 34.6 Å². The van der Waals surface area contributed by atoms with Gasteiger partial charge >= 0.3 is 0 Å². The molecule has 1 aliphatic heterocycles. The first-order chi connectivity index (χ1) is 16.8. The third-order valence-corrected chi connectivity index (χ3v) is 6.58. The molecule has 0 spiro atoms. The number of ketones is 1. The minimum Gasteiger partial charge on any atom is -0.506 e. The van der Waals surface area contributed by atoms with Crippen molar-refractivity contribution >= 4 is 62.9 Å². The van der Waals surface area contributed by atoms with Crippen molar-refractivity contribution in [2.24, 2.45) is 5.10 Å². The number of carbonyl (C=O) groups is 1. The van der Waals surface area contributed by atoms with E-state index in [2.05, 4.69) is 36.4 Å². The van der Waals surface area contributed by atoms with Gasteiger partial charge in [-0.3, -0.25) is 4.79 Å². The van der Waals surface area contributed by atoms with Crippen LogP contribution in [0.3, 0.4) is 0 Å². The molecule has 0 amide bonds. The summed E-state index contributed by atoms with van der Waals surface area (Å²) in [4.78, 5) is 22.7. The maximum absolute atomic E-state index is 14.2. The average molecular weight is 583 g/mol. The Morgan fingerprint density at radius 3 is 2.80 bits per heavy atom. The molecule has 0 bridgehead atoms. The highest BCUT2D eigenvalue weighted by Crippen LogP contribution is 2.36. The number of nitrogens with zero attached hydrogens (tertiary/aromatic N) is 4. The van der Waals surface area contributed by atoms with Gasteiger partial charge in [0.05, 0.1) is 36.2 Å². The van der Waals surface area contributed by atoms with Crippen LogP contribution in [0.25, 0.3) is 0 Å². The number of Topliss-reactive ketones (excluding diaryl/α,β-unsaturated/α-hetero) is 1. The number of hydrogen-bond acceptors (Lipinski definition) is 8. The van der Waals surface area contributed by atoms with Crippen LogP contribution >= 0.6 is 39.1 Å². The van der Waals surface area contributed by atoms with Crippen LogP contribution in [-0.2, 0) is 11.2 Å². The molecule has 0 aliphatic carbocycles. The highest BCUT2D eigenvalue weighted by atomic mass is 79.9. The topological polar surface area (TPSA) is 99.9 Å². The Morgan fingerprint density at radius 1 is 1.31 bits per heavy atom. The summed E-state index contributed by atoms with van der Waals surface area (Å²) in [6.07, 6.45) is 2.36. The van der Waals surface area contributed by atoms with E-state index in [4.69, 9.17) is 27.9 Å². The van der Waals surface area contributed by atoms with Gasteiger partial charge in [-0.05, 0) is 33.6 Å². The van der Waals surface area contributed by atoms with Gasteiger partial charge in [0.25, 0.3) is 0 Å². The molecule has 0 unspecified atom stereocenters. The second-order valence-corrected chi connectivity index (χ2v) is 9.15. The van der Waals surface area contributed by atoms with E-state index in [0.29, 0.717) is 41.4 Å². The first-order valence-corrected chi connectivity index (χ1v) is 12.0. The van der Waals surface area contributed by atoms with Gasteiger partial charge < -0.3 is 14.7 Å². The number of benzene rings is 2. The van der Waals surface area contributed by atoms with Crippen LogP contribution in [0, 0.1) is 5.82 Å². The molecule has 1 aromatic heterocycles. The van der Waals surface area contributed by atoms with Gasteiger partial charge in [0.2, 0.25) is 5.95 Å². The predicted molar refractivity (Wildman–Crippen MR) is 137 cm³/mol. The number of aromatic nitrogens is 2. The fourth-order valence-electron chi connectivity index (χ4n) is 3.45. The number of aromatic hydroxyl groups is 1. The molecule has 2 aromatic carbocycles. The quantitative estimate of drug-likeness (QED) is 0.227. The van der Waals surface area contributed by atoms with Crippen LogP contribution < -0.4 is 10.3 Å². The summed E-state index contributed by atoms with van der Waals surface area (Å²) in [7, 11) is 0. The molecule has 0 atom stereocenters. The van der Waals surface area contributed by atoms with Gasteiger partial charge in [-0.25, -0.2) is 14.8 Å². The molecule has 0 radical (unpaired) electrons. The van der Waals surface area contributed by atoms with Crippen LogP contribution in [0.15, 0.2) is 46.1 Å². The molecule has 2 N–H and O–H groups in total. The van der Waals surface area contributed by atoms with Crippen LogP contribution in [0.2, 0.25) is 10.0 Å². The van der Waals surface area contributed by atoms with Crippen molar-refractivity contribution in [3.63, 3.8) is 0 Å². The Labute approximate surface area is 218 Å². The summed E-state index contributed by atoms with van der Waals surface area (Å²) in [6.45, 7) is 1.99. The van der Waals surface area contributed by atoms with Crippen molar-refractivity contribution in [3.8, 4) is 5.75 Å². The molecule has 4 rings (SSSR count). The number of ether oxygens (including phenoxy) is 1. The number of rotatable bonds is 7. The van der Waals surface area contributed by atoms with E-state index in [0.717, 1.165) is 6.20 Å². The fraction of sp³-hybridized carbons (Fsp3) is 0.217. The highest BCUT2D eigenvalue weighted by molar-refractivity contribution is 9.10. The molecule has 0 saturated carbocycles. The standard InChI is InChI=1S/C23H19BrCl2FN5O3/c24-15-9-14(21(34)20(26)19(15)18(33)10-13-3-1-2-4-16(13)25)11-29-31-23-28-12-17(27)22(30-23)32-5-7-35-8-6-32/h1-4,9,11-12,34H,5-8,10H2,(H,28,30,31)/b29-11+. The lowest BCUT2D eigenvalue weighted by Gasteiger charge is -2.27. The van der Waals surface area contributed by atoms with Gasteiger partial charge in [-0.2, -0.15) is 10.1 Å². The van der Waals surface area contributed by atoms with Gasteiger partial charge in [0.1, 0.15) is 5.75 Å². The lowest BCUT2D eigenvalue weighted by Crippen LogP contribution is -2.37. The minimum atomic E-state index is -0.549. The highest BCUT2D eigenvalue weighted by Gasteiger charge is 2.21. The zero-order valence-electron chi connectivity index (χ0n) is 18.1. The summed E-state index contributed by atoms with van der Waals surface area (Å²) in [5.41, 5.74) is 3.63. The molecular weight excluding hydrogens is 564 g/mol. The first kappa shape index (κ1) is 25.3. The number of morpholine rings is 1. The number of carbonyl (C=O) groups excluding carboxylic acids is 1. The van der Waals surface area contributed by atoms with Crippen LogP contribution in [0.1, 0.15) is 21.5 Å². The SMILES string of the molecule is O=C(Cc1ccccc1Cl)c1c(Br)cc(/C=N/Nc2ncc(F)c(N3CCOCC3)n2)c(O)c1Cl. The first-order valence-electron chi connectivity index (χ1n) is 10.5. The number of hydrazone groups is 1. The molecule has 35 heavy (non-hydrogen) atoms. The van der Waals surface area contributed by atoms with Crippen molar-refractivity contribution in [1.29, 1.82) is 0 Å². The van der Waals surface area contributed by atoms with Gasteiger partial charge in [-0.15, -0.1) is 0 Å². The zero-order chi connectivity index (χ0) is 24.9. The van der Waals surface area contributed by atoms with Crippen molar-refractivity contribution in [3.05, 3.63) is 73.6 Å². The van der Waals surface area contributed by atoms with Crippen LogP contribution in [-0.4, -0.2) is 53.4 Å². The number of phenols is 1. The number of anilines is 2. The van der Waals surface area contributed by atoms with Crippen LogP contribution in [0.4, 0.5) is 16.2 Å². The molecule has 1 aliphatic rings. The van der Waals surface area contributed by atoms with E-state index >= 15 is 0 Å². The number of halogens is 4. The second kappa shape index (κ2) is 11.3. The third kappa shape index (κ3) is 5.90. The minimum absolute atomic E-state index is 0.0137. The largest absolute Gasteiger partial charge is 0.506 e. The summed E-state index contributed by atoms with van der Waals surface area (Å²) >= 11 is 15.8. The van der Waals surface area contributed by atoms with E-state index < -0.39 is 5.82 Å². The second-order valence-electron chi connectivity index (χ2n) is 7.51. The Kier molecular flexibility index (Phi) is 8.17. The fourth-order valence-corrected chi connectivity index (χ4v) is 4.75. The van der Waals surface area contributed by atoms with E-state index in [1.54, 1.807) is 29.2 Å². The maximum atomic E-state index is 14.2. The Balaban J connectivity index is 1.51. The van der Waals surface area contributed by atoms with Crippen molar-refractivity contribution < 1.29 is 19.0 Å². The van der Waals surface area contributed by atoms with E-state index in [1.165, 1.54) is 12.3 Å². The molecule has 8 nitrogen and oxygen atoms in total. The zero-order valence-corrected chi connectivity index (χ0v) is 21.2. The summed E-state index contributed by atoms with van der Waals surface area (Å²) in [6, 6.07) is 8.50. The molecule has 182 valence electrons. The molecule has 1 saturated heterocycles. The van der Waals surface area contributed by atoms with E-state index in [9.17, 15) is 14.3 Å². The number of phenolic OH excluding ortho intramolecular Hbond substituents is 1. The maximum Gasteiger partial charge on any atom is 0.245 e. The monoisotopic (exact) mass is 581 g/mol. The van der Waals surface area contributed by atoms with Crippen LogP contribution in [0.5, 0.6) is 5.75 Å². The number of hydrogen-bond donors (Lipinski definition) is 2. The summed E-state index contributed by atoms with van der Waals surface area (Å²) in [5, 5.41) is 14.9. The average Bonchev–Trinajstić information content (AvgIpc) is 2.85. The normalized spacial score (nSPS) is 13.9.